The molecule has 0 fully saturated rings. The molecule has 2 rings (SSSR count). The monoisotopic (exact) mass is 305 g/mol. The summed E-state index contributed by atoms with van der Waals surface area (Å²) in [4.78, 5) is 9.75. The largest absolute Gasteiger partial charge is 0.380 e. The predicted molar refractivity (Wildman–Crippen MR) is 76.5 cm³/mol. The zero-order valence-corrected chi connectivity index (χ0v) is 11.4. The molecule has 0 amide bonds. The standard InChI is InChI=1S/C14H9ClFN3O2/c15-11-3-1-9(7-17)6-13(11)18-8-10-2-4-14(19(20)21)12(16)5-10/h1-6,18H,8H2. The highest BCUT2D eigenvalue weighted by molar-refractivity contribution is 6.33. The first-order valence-corrected chi connectivity index (χ1v) is 6.25. The van der Waals surface area contributed by atoms with Crippen molar-refractivity contribution in [3.05, 3.63) is 68.5 Å². The Bertz CT molecular complexity index is 743. The molecule has 106 valence electrons. The number of nitrogens with one attached hydrogen (secondary N) is 1. The van der Waals surface area contributed by atoms with Gasteiger partial charge < -0.3 is 5.32 Å². The summed E-state index contributed by atoms with van der Waals surface area (Å²) >= 11 is 5.98. The van der Waals surface area contributed by atoms with Gasteiger partial charge in [0.2, 0.25) is 5.82 Å². The van der Waals surface area contributed by atoms with Crippen LogP contribution in [0.3, 0.4) is 0 Å². The van der Waals surface area contributed by atoms with E-state index in [0.717, 1.165) is 12.1 Å². The summed E-state index contributed by atoms with van der Waals surface area (Å²) in [6, 6.07) is 10.4. The second-order valence-electron chi connectivity index (χ2n) is 4.20. The molecule has 0 heterocycles. The molecule has 0 saturated heterocycles. The van der Waals surface area contributed by atoms with E-state index in [-0.39, 0.29) is 6.54 Å². The predicted octanol–water partition coefficient (Wildman–Crippen LogP) is 3.87. The minimum atomic E-state index is -0.892. The van der Waals surface area contributed by atoms with E-state index in [1.165, 1.54) is 6.07 Å². The van der Waals surface area contributed by atoms with Crippen LogP contribution in [-0.2, 0) is 6.54 Å². The van der Waals surface area contributed by atoms with E-state index in [0.29, 0.717) is 21.8 Å². The maximum atomic E-state index is 13.5. The van der Waals surface area contributed by atoms with Crippen LogP contribution in [-0.4, -0.2) is 4.92 Å². The van der Waals surface area contributed by atoms with E-state index in [4.69, 9.17) is 16.9 Å². The van der Waals surface area contributed by atoms with Crippen molar-refractivity contribution >= 4 is 23.0 Å². The van der Waals surface area contributed by atoms with Crippen molar-refractivity contribution in [2.45, 2.75) is 6.54 Å². The Labute approximate surface area is 124 Å². The molecule has 7 heteroatoms. The quantitative estimate of drug-likeness (QED) is 0.687. The molecule has 0 bridgehead atoms. The second kappa shape index (κ2) is 6.20. The van der Waals surface area contributed by atoms with Gasteiger partial charge in [0.1, 0.15) is 0 Å². The van der Waals surface area contributed by atoms with E-state index in [1.807, 2.05) is 6.07 Å². The molecule has 0 saturated carbocycles. The first-order valence-electron chi connectivity index (χ1n) is 5.87. The fourth-order valence-electron chi connectivity index (χ4n) is 1.74. The molecule has 0 aliphatic rings. The average Bonchev–Trinajstić information content (AvgIpc) is 2.46. The third-order valence-corrected chi connectivity index (χ3v) is 3.12. The van der Waals surface area contributed by atoms with E-state index in [1.54, 1.807) is 18.2 Å². The number of nitrogens with zero attached hydrogens (tertiary/aromatic N) is 2. The SMILES string of the molecule is N#Cc1ccc(Cl)c(NCc2ccc([N+](=O)[O-])c(F)c2)c1. The average molecular weight is 306 g/mol. The Balaban J connectivity index is 2.15. The third kappa shape index (κ3) is 3.46. The number of hydrogen-bond acceptors (Lipinski definition) is 4. The van der Waals surface area contributed by atoms with Crippen molar-refractivity contribution in [3.8, 4) is 6.07 Å². The number of nitro groups is 1. The smallest absolute Gasteiger partial charge is 0.304 e. The lowest BCUT2D eigenvalue weighted by molar-refractivity contribution is -0.387. The Hall–Kier alpha value is -2.65. The summed E-state index contributed by atoms with van der Waals surface area (Å²) in [6.07, 6.45) is 0. The number of hydrogen-bond donors (Lipinski definition) is 1. The highest BCUT2D eigenvalue weighted by Crippen LogP contribution is 2.24. The van der Waals surface area contributed by atoms with Gasteiger partial charge in [-0.2, -0.15) is 9.65 Å². The summed E-state index contributed by atoms with van der Waals surface area (Å²) in [7, 11) is 0. The van der Waals surface area contributed by atoms with Crippen LogP contribution in [0.15, 0.2) is 36.4 Å². The molecule has 1 N–H and O–H groups in total. The Kier molecular flexibility index (Phi) is 4.36. The zero-order chi connectivity index (χ0) is 15.4. The van der Waals surface area contributed by atoms with Crippen LogP contribution in [0.2, 0.25) is 5.02 Å². The van der Waals surface area contributed by atoms with Gasteiger partial charge in [0, 0.05) is 12.6 Å². The van der Waals surface area contributed by atoms with Crippen LogP contribution >= 0.6 is 11.6 Å². The van der Waals surface area contributed by atoms with Gasteiger partial charge in [-0.15, -0.1) is 0 Å². The van der Waals surface area contributed by atoms with E-state index in [2.05, 4.69) is 5.32 Å². The number of benzene rings is 2. The van der Waals surface area contributed by atoms with E-state index < -0.39 is 16.4 Å². The topological polar surface area (TPSA) is 79.0 Å². The molecular weight excluding hydrogens is 297 g/mol. The van der Waals surface area contributed by atoms with Crippen molar-refractivity contribution in [1.29, 1.82) is 5.26 Å². The molecule has 0 aliphatic heterocycles. The second-order valence-corrected chi connectivity index (χ2v) is 4.61. The number of anilines is 1. The van der Waals surface area contributed by atoms with Gasteiger partial charge in [0.25, 0.3) is 0 Å². The summed E-state index contributed by atoms with van der Waals surface area (Å²) in [5, 5.41) is 22.7. The molecule has 0 aromatic heterocycles. The van der Waals surface area contributed by atoms with Crippen molar-refractivity contribution in [2.75, 3.05) is 5.32 Å². The van der Waals surface area contributed by atoms with Crippen LogP contribution in [0.25, 0.3) is 0 Å². The zero-order valence-electron chi connectivity index (χ0n) is 10.6. The highest BCUT2D eigenvalue weighted by Gasteiger charge is 2.13. The van der Waals surface area contributed by atoms with Crippen molar-refractivity contribution in [1.82, 2.24) is 0 Å². The maximum Gasteiger partial charge on any atom is 0.304 e. The minimum Gasteiger partial charge on any atom is -0.380 e. The first-order chi connectivity index (χ1) is 10.0. The Morgan fingerprint density at radius 2 is 2.10 bits per heavy atom. The number of nitriles is 1. The van der Waals surface area contributed by atoms with Crippen LogP contribution in [0, 0.1) is 27.3 Å². The molecular formula is C14H9ClFN3O2. The lowest BCUT2D eigenvalue weighted by Crippen LogP contribution is -2.02. The van der Waals surface area contributed by atoms with Gasteiger partial charge in [-0.05, 0) is 29.8 Å². The molecule has 21 heavy (non-hydrogen) atoms. The van der Waals surface area contributed by atoms with Gasteiger partial charge in [-0.3, -0.25) is 10.1 Å². The molecule has 0 aliphatic carbocycles. The fraction of sp³-hybridized carbons (Fsp3) is 0.0714. The van der Waals surface area contributed by atoms with E-state index >= 15 is 0 Å². The Morgan fingerprint density at radius 1 is 1.33 bits per heavy atom. The number of rotatable bonds is 4. The molecule has 0 unspecified atom stereocenters. The summed E-state index contributed by atoms with van der Waals surface area (Å²) in [5.41, 5.74) is 0.936. The van der Waals surface area contributed by atoms with Gasteiger partial charge >= 0.3 is 5.69 Å². The highest BCUT2D eigenvalue weighted by atomic mass is 35.5. The maximum absolute atomic E-state index is 13.5. The first kappa shape index (κ1) is 14.8. The molecule has 5 nitrogen and oxygen atoms in total. The van der Waals surface area contributed by atoms with Crippen LogP contribution < -0.4 is 5.32 Å². The van der Waals surface area contributed by atoms with Gasteiger partial charge in [-0.25, -0.2) is 0 Å². The normalized spacial score (nSPS) is 9.95. The molecule has 0 radical (unpaired) electrons. The minimum absolute atomic E-state index is 0.226. The molecule has 0 spiro atoms. The van der Waals surface area contributed by atoms with Gasteiger partial charge in [-0.1, -0.05) is 17.7 Å². The summed E-state index contributed by atoms with van der Waals surface area (Å²) in [5.74, 6) is -0.892. The number of nitro benzene ring substituents is 1. The van der Waals surface area contributed by atoms with Crippen molar-refractivity contribution in [2.24, 2.45) is 0 Å². The summed E-state index contributed by atoms with van der Waals surface area (Å²) in [6.45, 7) is 0.226. The van der Waals surface area contributed by atoms with Crippen LogP contribution in [0.1, 0.15) is 11.1 Å². The van der Waals surface area contributed by atoms with Crippen molar-refractivity contribution < 1.29 is 9.31 Å². The van der Waals surface area contributed by atoms with Crippen LogP contribution in [0.4, 0.5) is 15.8 Å². The van der Waals surface area contributed by atoms with Gasteiger partial charge in [0.05, 0.1) is 27.3 Å². The van der Waals surface area contributed by atoms with Crippen molar-refractivity contribution in [3.63, 3.8) is 0 Å². The number of halogens is 2. The lowest BCUT2D eigenvalue weighted by atomic mass is 10.1. The van der Waals surface area contributed by atoms with Crippen LogP contribution in [0.5, 0.6) is 0 Å². The third-order valence-electron chi connectivity index (χ3n) is 2.79. The lowest BCUT2D eigenvalue weighted by Gasteiger charge is -2.09. The van der Waals surface area contributed by atoms with Gasteiger partial charge in [0.15, 0.2) is 0 Å². The molecule has 2 aromatic carbocycles. The molecule has 2 aromatic rings. The fourth-order valence-corrected chi connectivity index (χ4v) is 1.92. The summed E-state index contributed by atoms with van der Waals surface area (Å²) < 4.78 is 13.5. The van der Waals surface area contributed by atoms with E-state index in [9.17, 15) is 14.5 Å². The molecule has 0 atom stereocenters. The Morgan fingerprint density at radius 3 is 2.71 bits per heavy atom.